The molecule has 4 nitrogen and oxygen atoms in total. The highest BCUT2D eigenvalue weighted by Crippen LogP contribution is 2.15. The maximum atomic E-state index is 11.9. The number of unbranched alkanes of at least 4 members (excludes halogenated alkanes) is 9. The van der Waals surface area contributed by atoms with Crippen molar-refractivity contribution < 1.29 is 14.3 Å². The summed E-state index contributed by atoms with van der Waals surface area (Å²) in [7, 11) is 0. The number of amides is 1. The lowest BCUT2D eigenvalue weighted by atomic mass is 10.1. The van der Waals surface area contributed by atoms with Gasteiger partial charge in [-0.3, -0.25) is 4.79 Å². The number of aryl methyl sites for hydroxylation is 1. The summed E-state index contributed by atoms with van der Waals surface area (Å²) >= 11 is 0. The average Bonchev–Trinajstić information content (AvgIpc) is 2.71. The van der Waals surface area contributed by atoms with Crippen LogP contribution in [0.2, 0.25) is 0 Å². The Kier molecular flexibility index (Phi) is 13.6. The number of hydrogen-bond acceptors (Lipinski definition) is 3. The third-order valence-corrected chi connectivity index (χ3v) is 4.77. The van der Waals surface area contributed by atoms with Crippen LogP contribution in [-0.4, -0.2) is 18.5 Å². The van der Waals surface area contributed by atoms with E-state index in [-0.39, 0.29) is 5.91 Å². The highest BCUT2D eigenvalue weighted by Gasteiger charge is 2.04. The molecule has 1 amide bonds. The third-order valence-electron chi connectivity index (χ3n) is 4.77. The minimum absolute atomic E-state index is 0.322. The normalized spacial score (nSPS) is 10.9. The minimum Gasteiger partial charge on any atom is -0.463 e. The van der Waals surface area contributed by atoms with Gasteiger partial charge in [0.1, 0.15) is 0 Å². The lowest BCUT2D eigenvalue weighted by molar-refractivity contribution is -0.138. The van der Waals surface area contributed by atoms with Gasteiger partial charge >= 0.3 is 5.97 Å². The SMILES string of the molecule is CCCCCCCCCCCCOC(=O)/C=C/C(=O)Nc1ccccc1CC. The number of benzene rings is 1. The van der Waals surface area contributed by atoms with Gasteiger partial charge in [-0.1, -0.05) is 89.8 Å². The summed E-state index contributed by atoms with van der Waals surface area (Å²) < 4.78 is 5.15. The quantitative estimate of drug-likeness (QED) is 0.221. The van der Waals surface area contributed by atoms with Crippen molar-refractivity contribution in [3.05, 3.63) is 42.0 Å². The smallest absolute Gasteiger partial charge is 0.330 e. The van der Waals surface area contributed by atoms with Crippen molar-refractivity contribution in [1.82, 2.24) is 0 Å². The summed E-state index contributed by atoms with van der Waals surface area (Å²) in [5.41, 5.74) is 1.84. The summed E-state index contributed by atoms with van der Waals surface area (Å²) in [4.78, 5) is 23.6. The largest absolute Gasteiger partial charge is 0.463 e. The van der Waals surface area contributed by atoms with Crippen molar-refractivity contribution in [3.8, 4) is 0 Å². The van der Waals surface area contributed by atoms with Gasteiger partial charge in [-0.05, 0) is 24.5 Å². The first-order valence-corrected chi connectivity index (χ1v) is 10.9. The van der Waals surface area contributed by atoms with E-state index in [2.05, 4.69) is 12.2 Å². The molecule has 0 unspecified atom stereocenters. The van der Waals surface area contributed by atoms with E-state index in [1.807, 2.05) is 31.2 Å². The van der Waals surface area contributed by atoms with Gasteiger partial charge in [0.15, 0.2) is 0 Å². The summed E-state index contributed by atoms with van der Waals surface area (Å²) in [5.74, 6) is -0.786. The molecule has 0 aliphatic heterocycles. The van der Waals surface area contributed by atoms with E-state index in [0.29, 0.717) is 6.61 Å². The van der Waals surface area contributed by atoms with E-state index >= 15 is 0 Å². The van der Waals surface area contributed by atoms with Crippen LogP contribution in [0.15, 0.2) is 36.4 Å². The Hall–Kier alpha value is -2.10. The molecule has 0 atom stereocenters. The molecule has 0 spiro atoms. The van der Waals surface area contributed by atoms with E-state index in [1.54, 1.807) is 0 Å². The van der Waals surface area contributed by atoms with Crippen molar-refractivity contribution in [1.29, 1.82) is 0 Å². The molecule has 1 N–H and O–H groups in total. The Bertz CT molecular complexity index is 595. The van der Waals surface area contributed by atoms with E-state index in [1.165, 1.54) is 63.5 Å². The average molecular weight is 388 g/mol. The molecule has 0 aromatic heterocycles. The number of esters is 1. The van der Waals surface area contributed by atoms with E-state index in [0.717, 1.165) is 30.5 Å². The molecule has 4 heteroatoms. The number of ether oxygens (including phenoxy) is 1. The topological polar surface area (TPSA) is 55.4 Å². The second-order valence-corrected chi connectivity index (χ2v) is 7.18. The molecule has 1 aromatic carbocycles. The highest BCUT2D eigenvalue weighted by atomic mass is 16.5. The van der Waals surface area contributed by atoms with Gasteiger partial charge in [0.2, 0.25) is 5.91 Å². The first-order valence-electron chi connectivity index (χ1n) is 10.9. The predicted molar refractivity (Wildman–Crippen MR) is 116 cm³/mol. The van der Waals surface area contributed by atoms with E-state index < -0.39 is 5.97 Å². The second kappa shape index (κ2) is 15.9. The minimum atomic E-state index is -0.463. The fourth-order valence-electron chi connectivity index (χ4n) is 3.08. The molecule has 0 heterocycles. The number of nitrogens with one attached hydrogen (secondary N) is 1. The van der Waals surface area contributed by atoms with Crippen molar-refractivity contribution in [2.75, 3.05) is 11.9 Å². The lowest BCUT2D eigenvalue weighted by Gasteiger charge is -2.07. The maximum absolute atomic E-state index is 11.9. The monoisotopic (exact) mass is 387 g/mol. The number of carbonyl (C=O) groups is 2. The number of para-hydroxylation sites is 1. The molecule has 1 rings (SSSR count). The summed E-state index contributed by atoms with van der Waals surface area (Å²) in [5, 5.41) is 2.80. The summed E-state index contributed by atoms with van der Waals surface area (Å²) in [6.07, 6.45) is 15.7. The molecule has 0 saturated carbocycles. The predicted octanol–water partition coefficient (Wildman–Crippen LogP) is 6.21. The first-order chi connectivity index (χ1) is 13.7. The molecule has 156 valence electrons. The lowest BCUT2D eigenvalue weighted by Crippen LogP contribution is -2.11. The van der Waals surface area contributed by atoms with Crippen LogP contribution in [0.25, 0.3) is 0 Å². The zero-order valence-electron chi connectivity index (χ0n) is 17.7. The zero-order valence-corrected chi connectivity index (χ0v) is 17.7. The number of hydrogen-bond donors (Lipinski definition) is 1. The van der Waals surface area contributed by atoms with Crippen molar-refractivity contribution in [2.45, 2.75) is 84.5 Å². The molecule has 0 saturated heterocycles. The van der Waals surface area contributed by atoms with Gasteiger partial charge in [0.05, 0.1) is 6.61 Å². The van der Waals surface area contributed by atoms with Crippen LogP contribution in [-0.2, 0) is 20.7 Å². The first kappa shape index (κ1) is 23.9. The molecule has 0 bridgehead atoms. The van der Waals surface area contributed by atoms with Crippen LogP contribution in [0.3, 0.4) is 0 Å². The number of anilines is 1. The van der Waals surface area contributed by atoms with Gasteiger partial charge in [-0.25, -0.2) is 4.79 Å². The fraction of sp³-hybridized carbons (Fsp3) is 0.583. The van der Waals surface area contributed by atoms with Crippen LogP contribution >= 0.6 is 0 Å². The standard InChI is InChI=1S/C24H37NO3/c1-3-5-6-7-8-9-10-11-12-15-20-28-24(27)19-18-23(26)25-22-17-14-13-16-21(22)4-2/h13-14,16-19H,3-12,15,20H2,1-2H3,(H,25,26)/b19-18+. The Morgan fingerprint density at radius 3 is 2.11 bits per heavy atom. The molecule has 28 heavy (non-hydrogen) atoms. The van der Waals surface area contributed by atoms with E-state index in [9.17, 15) is 9.59 Å². The molecule has 1 aromatic rings. The molecule has 0 radical (unpaired) electrons. The van der Waals surface area contributed by atoms with Gasteiger partial charge in [-0.2, -0.15) is 0 Å². The highest BCUT2D eigenvalue weighted by molar-refractivity contribution is 6.02. The number of rotatable bonds is 15. The summed E-state index contributed by atoms with van der Waals surface area (Å²) in [6, 6.07) is 7.64. The number of carbonyl (C=O) groups excluding carboxylic acids is 2. The molecule has 0 fully saturated rings. The van der Waals surface area contributed by atoms with Gasteiger partial charge in [0.25, 0.3) is 0 Å². The fourth-order valence-corrected chi connectivity index (χ4v) is 3.08. The van der Waals surface area contributed by atoms with Gasteiger partial charge < -0.3 is 10.1 Å². The third kappa shape index (κ3) is 11.6. The molecular formula is C24H37NO3. The van der Waals surface area contributed by atoms with Crippen molar-refractivity contribution >= 4 is 17.6 Å². The van der Waals surface area contributed by atoms with Gasteiger partial charge in [-0.15, -0.1) is 0 Å². The van der Waals surface area contributed by atoms with Crippen LogP contribution < -0.4 is 5.32 Å². The molecule has 0 aliphatic carbocycles. The Morgan fingerprint density at radius 2 is 1.46 bits per heavy atom. The van der Waals surface area contributed by atoms with Crippen LogP contribution in [0.4, 0.5) is 5.69 Å². The maximum Gasteiger partial charge on any atom is 0.330 e. The molecular weight excluding hydrogens is 350 g/mol. The Balaban J connectivity index is 2.07. The zero-order chi connectivity index (χ0) is 20.5. The van der Waals surface area contributed by atoms with Gasteiger partial charge in [0, 0.05) is 17.8 Å². The van der Waals surface area contributed by atoms with Crippen LogP contribution in [0.1, 0.15) is 83.6 Å². The van der Waals surface area contributed by atoms with Crippen LogP contribution in [0, 0.1) is 0 Å². The van der Waals surface area contributed by atoms with Crippen molar-refractivity contribution in [2.24, 2.45) is 0 Å². The second-order valence-electron chi connectivity index (χ2n) is 7.18. The van der Waals surface area contributed by atoms with Crippen LogP contribution in [0.5, 0.6) is 0 Å². The summed E-state index contributed by atoms with van der Waals surface area (Å²) in [6.45, 7) is 4.69. The Labute approximate surface area is 170 Å². The Morgan fingerprint density at radius 1 is 0.857 bits per heavy atom. The van der Waals surface area contributed by atoms with Crippen molar-refractivity contribution in [3.63, 3.8) is 0 Å². The van der Waals surface area contributed by atoms with E-state index in [4.69, 9.17) is 4.74 Å². The molecule has 0 aliphatic rings.